The van der Waals surface area contributed by atoms with Gasteiger partial charge in [-0.1, -0.05) is 19.1 Å². The molecule has 110 valence electrons. The maximum atomic E-state index is 12.6. The molecule has 1 aromatic carbocycles. The van der Waals surface area contributed by atoms with Crippen LogP contribution in [0.5, 0.6) is 5.75 Å². The van der Waals surface area contributed by atoms with E-state index in [0.717, 1.165) is 47.2 Å². The van der Waals surface area contributed by atoms with Crippen LogP contribution in [0.1, 0.15) is 25.0 Å². The molecular weight excluding hydrogens is 267 g/mol. The fraction of sp³-hybridized carbons (Fsp3) is 0.412. The molecule has 2 heterocycles. The first kappa shape index (κ1) is 12.7. The van der Waals surface area contributed by atoms with Gasteiger partial charge in [-0.3, -0.25) is 4.94 Å². The summed E-state index contributed by atoms with van der Waals surface area (Å²) in [5.41, 5.74) is 2.83. The SMILES string of the molecule is C=C(c1cc2c(OF)cccc2[nH]1)N1CC2CCCC2C1. The highest BCUT2D eigenvalue weighted by Gasteiger charge is 2.36. The van der Waals surface area contributed by atoms with Gasteiger partial charge < -0.3 is 9.88 Å². The average molecular weight is 286 g/mol. The second kappa shape index (κ2) is 4.79. The van der Waals surface area contributed by atoms with E-state index in [9.17, 15) is 4.53 Å². The molecule has 1 aromatic heterocycles. The van der Waals surface area contributed by atoms with Gasteiger partial charge in [-0.2, -0.15) is 0 Å². The molecule has 4 rings (SSSR count). The van der Waals surface area contributed by atoms with Crippen molar-refractivity contribution in [3.05, 3.63) is 36.5 Å². The normalized spacial score (nSPS) is 24.5. The van der Waals surface area contributed by atoms with Crippen molar-refractivity contribution in [2.24, 2.45) is 11.8 Å². The third-order valence-electron chi connectivity index (χ3n) is 5.13. The quantitative estimate of drug-likeness (QED) is 0.918. The lowest BCUT2D eigenvalue weighted by atomic mass is 10.0. The van der Waals surface area contributed by atoms with Crippen LogP contribution in [0, 0.1) is 11.8 Å². The number of H-pyrrole nitrogens is 1. The summed E-state index contributed by atoms with van der Waals surface area (Å²) < 4.78 is 12.6. The van der Waals surface area contributed by atoms with E-state index in [0.29, 0.717) is 0 Å². The molecule has 2 fully saturated rings. The molecule has 1 saturated carbocycles. The summed E-state index contributed by atoms with van der Waals surface area (Å²) in [7, 11) is 0. The Morgan fingerprint density at radius 2 is 2.05 bits per heavy atom. The molecule has 1 N–H and O–H groups in total. The lowest BCUT2D eigenvalue weighted by molar-refractivity contribution is -0.00422. The van der Waals surface area contributed by atoms with Gasteiger partial charge in [0.15, 0.2) is 5.75 Å². The molecule has 0 spiro atoms. The topological polar surface area (TPSA) is 28.3 Å². The number of fused-ring (bicyclic) bond motifs is 2. The van der Waals surface area contributed by atoms with Gasteiger partial charge in [0.1, 0.15) is 0 Å². The molecule has 2 aliphatic rings. The van der Waals surface area contributed by atoms with Crippen LogP contribution < -0.4 is 4.94 Å². The number of halogens is 1. The molecule has 2 unspecified atom stereocenters. The van der Waals surface area contributed by atoms with Gasteiger partial charge in [-0.15, -0.1) is 0 Å². The van der Waals surface area contributed by atoms with Crippen LogP contribution in [0.3, 0.4) is 0 Å². The number of aromatic nitrogens is 1. The van der Waals surface area contributed by atoms with Gasteiger partial charge in [0, 0.05) is 28.5 Å². The van der Waals surface area contributed by atoms with Crippen LogP contribution in [0.15, 0.2) is 30.8 Å². The highest BCUT2D eigenvalue weighted by atomic mass is 19.3. The molecule has 21 heavy (non-hydrogen) atoms. The van der Waals surface area contributed by atoms with Crippen LogP contribution in [0.25, 0.3) is 16.6 Å². The van der Waals surface area contributed by atoms with Gasteiger partial charge in [0.05, 0.1) is 11.4 Å². The van der Waals surface area contributed by atoms with Crippen molar-refractivity contribution < 1.29 is 9.47 Å². The molecule has 1 saturated heterocycles. The Morgan fingerprint density at radius 1 is 1.29 bits per heavy atom. The third-order valence-corrected chi connectivity index (χ3v) is 5.13. The lowest BCUT2D eigenvalue weighted by Gasteiger charge is -2.21. The van der Waals surface area contributed by atoms with E-state index in [-0.39, 0.29) is 5.75 Å². The zero-order valence-corrected chi connectivity index (χ0v) is 11.9. The van der Waals surface area contributed by atoms with Gasteiger partial charge in [-0.05, 0) is 42.9 Å². The van der Waals surface area contributed by atoms with Crippen LogP contribution in [-0.2, 0) is 0 Å². The lowest BCUT2D eigenvalue weighted by Crippen LogP contribution is -2.19. The number of benzene rings is 1. The van der Waals surface area contributed by atoms with Crippen molar-refractivity contribution in [2.75, 3.05) is 13.1 Å². The van der Waals surface area contributed by atoms with Crippen LogP contribution in [-0.4, -0.2) is 23.0 Å². The maximum Gasteiger partial charge on any atom is 0.181 e. The molecule has 0 radical (unpaired) electrons. The zero-order chi connectivity index (χ0) is 14.4. The molecule has 3 nitrogen and oxygen atoms in total. The van der Waals surface area contributed by atoms with E-state index < -0.39 is 0 Å². The number of hydrogen-bond acceptors (Lipinski definition) is 2. The predicted molar refractivity (Wildman–Crippen MR) is 81.5 cm³/mol. The van der Waals surface area contributed by atoms with Crippen LogP contribution in [0.4, 0.5) is 4.53 Å². The van der Waals surface area contributed by atoms with Crippen molar-refractivity contribution in [3.63, 3.8) is 0 Å². The Kier molecular flexibility index (Phi) is 2.91. The fourth-order valence-electron chi connectivity index (χ4n) is 3.98. The molecule has 1 aliphatic carbocycles. The summed E-state index contributed by atoms with van der Waals surface area (Å²) in [6.45, 7) is 6.45. The number of nitrogens with zero attached hydrogens (tertiary/aromatic N) is 1. The van der Waals surface area contributed by atoms with Crippen molar-refractivity contribution in [1.82, 2.24) is 9.88 Å². The minimum atomic E-state index is 0.251. The minimum absolute atomic E-state index is 0.251. The van der Waals surface area contributed by atoms with E-state index >= 15 is 0 Å². The third kappa shape index (κ3) is 2.01. The summed E-state index contributed by atoms with van der Waals surface area (Å²) in [5, 5.41) is 0.760. The van der Waals surface area contributed by atoms with E-state index in [2.05, 4.69) is 21.4 Å². The Morgan fingerprint density at radius 3 is 2.76 bits per heavy atom. The molecule has 0 amide bonds. The first-order chi connectivity index (χ1) is 10.3. The highest BCUT2D eigenvalue weighted by molar-refractivity contribution is 5.89. The van der Waals surface area contributed by atoms with Crippen LogP contribution >= 0.6 is 0 Å². The largest absolute Gasteiger partial charge is 0.370 e. The molecule has 4 heteroatoms. The van der Waals surface area contributed by atoms with Crippen molar-refractivity contribution in [3.8, 4) is 5.75 Å². The summed E-state index contributed by atoms with van der Waals surface area (Å²) in [5.74, 6) is 1.91. The van der Waals surface area contributed by atoms with E-state index in [1.807, 2.05) is 12.1 Å². The standard InChI is InChI=1S/C17H19FN2O/c1-11(20-9-12-4-2-5-13(12)10-20)16-8-14-15(19-16)6-3-7-17(14)21-18/h3,6-8,12-13,19H,1-2,4-5,9-10H2. The van der Waals surface area contributed by atoms with Crippen molar-refractivity contribution in [2.45, 2.75) is 19.3 Å². The number of nitrogens with one attached hydrogen (secondary N) is 1. The van der Waals surface area contributed by atoms with Gasteiger partial charge in [-0.25, -0.2) is 0 Å². The van der Waals surface area contributed by atoms with Crippen molar-refractivity contribution >= 4 is 16.6 Å². The second-order valence-electron chi connectivity index (χ2n) is 6.28. The summed E-state index contributed by atoms with van der Waals surface area (Å²) >= 11 is 0. The minimum Gasteiger partial charge on any atom is -0.370 e. The van der Waals surface area contributed by atoms with E-state index in [1.54, 1.807) is 12.1 Å². The van der Waals surface area contributed by atoms with Crippen molar-refractivity contribution in [1.29, 1.82) is 0 Å². The smallest absolute Gasteiger partial charge is 0.181 e. The highest BCUT2D eigenvalue weighted by Crippen LogP contribution is 2.40. The molecular formula is C17H19FN2O. The average Bonchev–Trinajstić information content (AvgIpc) is 3.18. The molecule has 2 atom stereocenters. The molecule has 1 aliphatic heterocycles. The van der Waals surface area contributed by atoms with E-state index in [4.69, 9.17) is 0 Å². The Bertz CT molecular complexity index is 681. The molecule has 0 bridgehead atoms. The first-order valence-corrected chi connectivity index (χ1v) is 7.61. The number of hydrogen-bond donors (Lipinski definition) is 1. The summed E-state index contributed by atoms with van der Waals surface area (Å²) in [6.07, 6.45) is 4.07. The summed E-state index contributed by atoms with van der Waals surface area (Å²) in [6, 6.07) is 7.26. The number of aromatic amines is 1. The number of likely N-dealkylation sites (tertiary alicyclic amines) is 1. The second-order valence-corrected chi connectivity index (χ2v) is 6.28. The Balaban J connectivity index is 1.63. The summed E-state index contributed by atoms with van der Waals surface area (Å²) in [4.78, 5) is 9.64. The Hall–Kier alpha value is -1.97. The first-order valence-electron chi connectivity index (χ1n) is 7.61. The van der Waals surface area contributed by atoms with Gasteiger partial charge in [0.2, 0.25) is 0 Å². The molecule has 2 aromatic rings. The van der Waals surface area contributed by atoms with E-state index in [1.165, 1.54) is 19.3 Å². The monoisotopic (exact) mass is 286 g/mol. The number of rotatable bonds is 3. The predicted octanol–water partition coefficient (Wildman–Crippen LogP) is 4.13. The Labute approximate surface area is 123 Å². The fourth-order valence-corrected chi connectivity index (χ4v) is 3.98. The van der Waals surface area contributed by atoms with Crippen LogP contribution in [0.2, 0.25) is 0 Å². The maximum absolute atomic E-state index is 12.6. The zero-order valence-electron chi connectivity index (χ0n) is 11.9. The van der Waals surface area contributed by atoms with Gasteiger partial charge in [0.25, 0.3) is 0 Å². The van der Waals surface area contributed by atoms with Gasteiger partial charge >= 0.3 is 0 Å².